The molecule has 0 saturated heterocycles. The third-order valence-corrected chi connectivity index (χ3v) is 5.49. The zero-order chi connectivity index (χ0) is 20.6. The molecule has 29 heavy (non-hydrogen) atoms. The molecule has 7 nitrogen and oxygen atoms in total. The predicted octanol–water partition coefficient (Wildman–Crippen LogP) is 3.32. The van der Waals surface area contributed by atoms with Crippen LogP contribution in [-0.2, 0) is 6.54 Å². The maximum absolute atomic E-state index is 5.38. The van der Waals surface area contributed by atoms with Crippen molar-refractivity contribution < 1.29 is 9.47 Å². The molecule has 1 fully saturated rings. The van der Waals surface area contributed by atoms with Gasteiger partial charge in [-0.05, 0) is 61.9 Å². The fraction of sp³-hybridized carbons (Fsp3) is 0.545. The molecular weight excluding hydrogens is 366 g/mol. The first-order chi connectivity index (χ1) is 14.1. The molecule has 7 heteroatoms. The summed E-state index contributed by atoms with van der Waals surface area (Å²) in [6.45, 7) is 1.87. The van der Waals surface area contributed by atoms with E-state index in [-0.39, 0.29) is 0 Å². The zero-order valence-corrected chi connectivity index (χ0v) is 17.9. The van der Waals surface area contributed by atoms with Crippen LogP contribution in [0.3, 0.4) is 0 Å². The number of benzene rings is 1. The summed E-state index contributed by atoms with van der Waals surface area (Å²) >= 11 is 0. The van der Waals surface area contributed by atoms with Crippen LogP contribution in [-0.4, -0.2) is 50.9 Å². The maximum atomic E-state index is 5.38. The molecule has 0 spiro atoms. The lowest BCUT2D eigenvalue weighted by molar-refractivity contribution is 0.323. The SMILES string of the molecule is COc1ccc(CNC[C@H]2CC[C@@H](Nc3nccc(N(C)C)n3)CC2)cc1OC. The van der Waals surface area contributed by atoms with Gasteiger partial charge in [-0.1, -0.05) is 6.07 Å². The number of nitrogens with zero attached hydrogens (tertiary/aromatic N) is 3. The lowest BCUT2D eigenvalue weighted by Gasteiger charge is -2.29. The summed E-state index contributed by atoms with van der Waals surface area (Å²) in [4.78, 5) is 10.9. The fourth-order valence-corrected chi connectivity index (χ4v) is 3.77. The Morgan fingerprint density at radius 1 is 1.03 bits per heavy atom. The van der Waals surface area contributed by atoms with Crippen molar-refractivity contribution in [3.05, 3.63) is 36.0 Å². The summed E-state index contributed by atoms with van der Waals surface area (Å²) in [5.41, 5.74) is 1.20. The highest BCUT2D eigenvalue weighted by atomic mass is 16.5. The van der Waals surface area contributed by atoms with Crippen molar-refractivity contribution in [1.82, 2.24) is 15.3 Å². The van der Waals surface area contributed by atoms with E-state index in [0.717, 1.165) is 49.2 Å². The highest BCUT2D eigenvalue weighted by Crippen LogP contribution is 2.28. The van der Waals surface area contributed by atoms with Crippen LogP contribution in [0.4, 0.5) is 11.8 Å². The number of rotatable bonds is 9. The van der Waals surface area contributed by atoms with E-state index >= 15 is 0 Å². The smallest absolute Gasteiger partial charge is 0.224 e. The highest BCUT2D eigenvalue weighted by Gasteiger charge is 2.21. The van der Waals surface area contributed by atoms with Gasteiger partial charge in [0.25, 0.3) is 0 Å². The van der Waals surface area contributed by atoms with Crippen molar-refractivity contribution in [2.45, 2.75) is 38.3 Å². The van der Waals surface area contributed by atoms with E-state index < -0.39 is 0 Å². The van der Waals surface area contributed by atoms with E-state index in [0.29, 0.717) is 12.0 Å². The molecule has 1 aromatic heterocycles. The summed E-state index contributed by atoms with van der Waals surface area (Å²) in [7, 11) is 7.31. The molecule has 2 N–H and O–H groups in total. The molecule has 0 aliphatic heterocycles. The Morgan fingerprint density at radius 2 is 1.79 bits per heavy atom. The van der Waals surface area contributed by atoms with E-state index in [2.05, 4.69) is 26.7 Å². The quantitative estimate of drug-likeness (QED) is 0.670. The first-order valence-corrected chi connectivity index (χ1v) is 10.3. The number of nitrogens with one attached hydrogen (secondary N) is 2. The molecular formula is C22H33N5O2. The topological polar surface area (TPSA) is 71.5 Å². The molecule has 1 aromatic carbocycles. The van der Waals surface area contributed by atoms with Gasteiger partial charge in [-0.15, -0.1) is 0 Å². The molecule has 0 atom stereocenters. The van der Waals surface area contributed by atoms with Gasteiger partial charge in [-0.3, -0.25) is 0 Å². The molecule has 1 saturated carbocycles. The van der Waals surface area contributed by atoms with Gasteiger partial charge in [0, 0.05) is 32.9 Å². The number of anilines is 2. The molecule has 2 aromatic rings. The predicted molar refractivity (Wildman–Crippen MR) is 117 cm³/mol. The Labute approximate surface area is 173 Å². The number of methoxy groups -OCH3 is 2. The van der Waals surface area contributed by atoms with Crippen molar-refractivity contribution in [2.75, 3.05) is 45.1 Å². The summed E-state index contributed by atoms with van der Waals surface area (Å²) in [5.74, 6) is 3.91. The third kappa shape index (κ3) is 5.97. The van der Waals surface area contributed by atoms with Crippen LogP contribution in [0, 0.1) is 5.92 Å². The van der Waals surface area contributed by atoms with Gasteiger partial charge >= 0.3 is 0 Å². The van der Waals surface area contributed by atoms with Crippen molar-refractivity contribution in [3.63, 3.8) is 0 Å². The molecule has 0 amide bonds. The average Bonchev–Trinajstić information content (AvgIpc) is 2.75. The van der Waals surface area contributed by atoms with Gasteiger partial charge in [0.2, 0.25) is 5.95 Å². The summed E-state index contributed by atoms with van der Waals surface area (Å²) < 4.78 is 10.7. The Kier molecular flexibility index (Phi) is 7.52. The summed E-state index contributed by atoms with van der Waals surface area (Å²) in [6, 6.07) is 8.45. The number of hydrogen-bond donors (Lipinski definition) is 2. The standard InChI is InChI=1S/C22H33N5O2/c1-27(2)21-11-12-24-22(26-21)25-18-8-5-16(6-9-18)14-23-15-17-7-10-19(28-3)20(13-17)29-4/h7,10-13,16,18,23H,5-6,8-9,14-15H2,1-4H3,(H,24,25,26)/t16-,18+. The van der Waals surface area contributed by atoms with E-state index in [1.54, 1.807) is 14.2 Å². The van der Waals surface area contributed by atoms with Crippen molar-refractivity contribution in [2.24, 2.45) is 5.92 Å². The number of hydrogen-bond acceptors (Lipinski definition) is 7. The van der Waals surface area contributed by atoms with Crippen LogP contribution in [0.1, 0.15) is 31.2 Å². The second-order valence-corrected chi connectivity index (χ2v) is 7.82. The van der Waals surface area contributed by atoms with Gasteiger partial charge < -0.3 is 25.0 Å². The van der Waals surface area contributed by atoms with Crippen molar-refractivity contribution in [1.29, 1.82) is 0 Å². The van der Waals surface area contributed by atoms with Gasteiger partial charge in [-0.25, -0.2) is 4.98 Å². The molecule has 0 unspecified atom stereocenters. The minimum atomic E-state index is 0.453. The molecule has 1 aliphatic rings. The monoisotopic (exact) mass is 399 g/mol. The van der Waals surface area contributed by atoms with Crippen LogP contribution in [0.2, 0.25) is 0 Å². The van der Waals surface area contributed by atoms with E-state index in [1.807, 2.05) is 43.4 Å². The number of aromatic nitrogens is 2. The van der Waals surface area contributed by atoms with Crippen LogP contribution >= 0.6 is 0 Å². The van der Waals surface area contributed by atoms with Crippen molar-refractivity contribution >= 4 is 11.8 Å². The molecule has 1 aliphatic carbocycles. The number of ether oxygens (including phenoxy) is 2. The molecule has 1 heterocycles. The van der Waals surface area contributed by atoms with Gasteiger partial charge in [0.05, 0.1) is 14.2 Å². The van der Waals surface area contributed by atoms with E-state index in [1.165, 1.54) is 18.4 Å². The molecule has 158 valence electrons. The summed E-state index contributed by atoms with van der Waals surface area (Å²) in [5, 5.41) is 7.10. The van der Waals surface area contributed by atoms with E-state index in [9.17, 15) is 0 Å². The first kappa shape index (κ1) is 21.2. The van der Waals surface area contributed by atoms with Crippen LogP contribution in [0.15, 0.2) is 30.5 Å². The highest BCUT2D eigenvalue weighted by molar-refractivity contribution is 5.43. The Morgan fingerprint density at radius 3 is 2.48 bits per heavy atom. The Balaban J connectivity index is 1.40. The Bertz CT molecular complexity index is 776. The van der Waals surface area contributed by atoms with Crippen LogP contribution in [0.25, 0.3) is 0 Å². The van der Waals surface area contributed by atoms with Gasteiger partial charge in [0.15, 0.2) is 11.5 Å². The zero-order valence-electron chi connectivity index (χ0n) is 17.9. The van der Waals surface area contributed by atoms with Gasteiger partial charge in [-0.2, -0.15) is 4.98 Å². The molecule has 0 radical (unpaired) electrons. The molecule has 0 bridgehead atoms. The minimum Gasteiger partial charge on any atom is -0.493 e. The second-order valence-electron chi connectivity index (χ2n) is 7.82. The molecule has 3 rings (SSSR count). The lowest BCUT2D eigenvalue weighted by Crippen LogP contribution is -2.31. The van der Waals surface area contributed by atoms with Crippen LogP contribution < -0.4 is 25.0 Å². The van der Waals surface area contributed by atoms with Crippen molar-refractivity contribution in [3.8, 4) is 11.5 Å². The Hall–Kier alpha value is -2.54. The average molecular weight is 400 g/mol. The fourth-order valence-electron chi connectivity index (χ4n) is 3.77. The van der Waals surface area contributed by atoms with E-state index in [4.69, 9.17) is 9.47 Å². The first-order valence-electron chi connectivity index (χ1n) is 10.3. The van der Waals surface area contributed by atoms with Gasteiger partial charge in [0.1, 0.15) is 5.82 Å². The normalized spacial score (nSPS) is 18.9. The lowest BCUT2D eigenvalue weighted by atomic mass is 9.86. The second kappa shape index (κ2) is 10.3. The summed E-state index contributed by atoms with van der Waals surface area (Å²) in [6.07, 6.45) is 6.54. The third-order valence-electron chi connectivity index (χ3n) is 5.49. The largest absolute Gasteiger partial charge is 0.493 e. The van der Waals surface area contributed by atoms with Crippen LogP contribution in [0.5, 0.6) is 11.5 Å². The maximum Gasteiger partial charge on any atom is 0.224 e. The minimum absolute atomic E-state index is 0.453.